The maximum atomic E-state index is 12.9. The van der Waals surface area contributed by atoms with Gasteiger partial charge in [-0.1, -0.05) is 13.8 Å². The lowest BCUT2D eigenvalue weighted by atomic mass is 10.1. The lowest BCUT2D eigenvalue weighted by Gasteiger charge is -2.14. The molecule has 1 heterocycles. The standard InChI is InChI=1S/C23H24O7/c1-12(2)23(25)30-16-10-8-15-19(24)18(29-20(15)13(16)3)11-14-7-9-17(26-4)22(28-6)21(14)27-5/h7-12H,1-6H3/b18-11-. The van der Waals surface area contributed by atoms with Crippen molar-refractivity contribution in [2.75, 3.05) is 21.3 Å². The predicted molar refractivity (Wildman–Crippen MR) is 111 cm³/mol. The van der Waals surface area contributed by atoms with Gasteiger partial charge in [0.2, 0.25) is 11.5 Å². The van der Waals surface area contributed by atoms with Crippen molar-refractivity contribution in [2.24, 2.45) is 5.92 Å². The van der Waals surface area contributed by atoms with Gasteiger partial charge in [0.1, 0.15) is 11.5 Å². The minimum atomic E-state index is -0.354. The summed E-state index contributed by atoms with van der Waals surface area (Å²) < 4.78 is 27.4. The molecular formula is C23H24O7. The summed E-state index contributed by atoms with van der Waals surface area (Å²) >= 11 is 0. The highest BCUT2D eigenvalue weighted by atomic mass is 16.5. The minimum Gasteiger partial charge on any atom is -0.493 e. The monoisotopic (exact) mass is 412 g/mol. The Bertz CT molecular complexity index is 1030. The summed E-state index contributed by atoms with van der Waals surface area (Å²) in [5.74, 6) is 1.31. The minimum absolute atomic E-state index is 0.131. The molecule has 7 heteroatoms. The molecule has 0 saturated heterocycles. The lowest BCUT2D eigenvalue weighted by Crippen LogP contribution is -2.15. The number of benzene rings is 2. The van der Waals surface area contributed by atoms with E-state index in [9.17, 15) is 9.59 Å². The molecule has 7 nitrogen and oxygen atoms in total. The Kier molecular flexibility index (Phi) is 6.01. The van der Waals surface area contributed by atoms with Gasteiger partial charge in [-0.3, -0.25) is 9.59 Å². The number of methoxy groups -OCH3 is 3. The number of fused-ring (bicyclic) bond motifs is 1. The first-order valence-corrected chi connectivity index (χ1v) is 9.40. The van der Waals surface area contributed by atoms with Gasteiger partial charge in [-0.2, -0.15) is 0 Å². The second-order valence-corrected chi connectivity index (χ2v) is 7.00. The Hall–Kier alpha value is -3.48. The normalized spacial score (nSPS) is 13.8. The molecule has 0 N–H and O–H groups in total. The molecule has 0 bridgehead atoms. The summed E-state index contributed by atoms with van der Waals surface area (Å²) in [7, 11) is 4.54. The van der Waals surface area contributed by atoms with Gasteiger partial charge in [-0.25, -0.2) is 0 Å². The van der Waals surface area contributed by atoms with Gasteiger partial charge in [-0.05, 0) is 37.3 Å². The molecule has 0 unspecified atom stereocenters. The van der Waals surface area contributed by atoms with Gasteiger partial charge in [0.05, 0.1) is 32.8 Å². The number of carbonyl (C=O) groups excluding carboxylic acids is 2. The molecule has 30 heavy (non-hydrogen) atoms. The highest BCUT2D eigenvalue weighted by Gasteiger charge is 2.31. The molecule has 1 aliphatic rings. The Morgan fingerprint density at radius 1 is 0.967 bits per heavy atom. The maximum absolute atomic E-state index is 12.9. The molecule has 0 fully saturated rings. The lowest BCUT2D eigenvalue weighted by molar-refractivity contribution is -0.137. The van der Waals surface area contributed by atoms with Crippen LogP contribution in [0.4, 0.5) is 0 Å². The van der Waals surface area contributed by atoms with Gasteiger partial charge in [0.15, 0.2) is 17.3 Å². The van der Waals surface area contributed by atoms with Crippen LogP contribution in [0.25, 0.3) is 6.08 Å². The number of ketones is 1. The van der Waals surface area contributed by atoms with E-state index in [2.05, 4.69) is 0 Å². The summed E-state index contributed by atoms with van der Waals surface area (Å²) in [5, 5.41) is 0. The molecule has 0 amide bonds. The first kappa shape index (κ1) is 21.2. The third kappa shape index (κ3) is 3.70. The average Bonchev–Trinajstić information content (AvgIpc) is 3.05. The molecule has 158 valence electrons. The topological polar surface area (TPSA) is 80.3 Å². The highest BCUT2D eigenvalue weighted by molar-refractivity contribution is 6.15. The quantitative estimate of drug-likeness (QED) is 0.400. The van der Waals surface area contributed by atoms with Crippen molar-refractivity contribution in [2.45, 2.75) is 20.8 Å². The fourth-order valence-corrected chi connectivity index (χ4v) is 3.08. The van der Waals surface area contributed by atoms with Gasteiger partial charge >= 0.3 is 5.97 Å². The van der Waals surface area contributed by atoms with Crippen LogP contribution in [-0.4, -0.2) is 33.1 Å². The summed E-state index contributed by atoms with van der Waals surface area (Å²) in [6, 6.07) is 6.67. The third-order valence-electron chi connectivity index (χ3n) is 4.74. The number of carbonyl (C=O) groups is 2. The third-order valence-corrected chi connectivity index (χ3v) is 4.74. The van der Waals surface area contributed by atoms with Gasteiger partial charge in [-0.15, -0.1) is 0 Å². The number of rotatable bonds is 6. The zero-order valence-electron chi connectivity index (χ0n) is 17.8. The molecule has 0 aromatic heterocycles. The highest BCUT2D eigenvalue weighted by Crippen LogP contribution is 2.43. The fraction of sp³-hybridized carbons (Fsp3) is 0.304. The predicted octanol–water partition coefficient (Wildman–Crippen LogP) is 4.20. The Labute approximate surface area is 175 Å². The SMILES string of the molecule is COc1ccc(/C=C2\Oc3c(ccc(OC(=O)C(C)C)c3C)C2=O)c(OC)c1OC. The van der Waals surface area contributed by atoms with Gasteiger partial charge < -0.3 is 23.7 Å². The molecule has 0 spiro atoms. The molecule has 0 radical (unpaired) electrons. The van der Waals surface area contributed by atoms with Gasteiger partial charge in [0.25, 0.3) is 0 Å². The van der Waals surface area contributed by atoms with Crippen LogP contribution in [-0.2, 0) is 4.79 Å². The number of hydrogen-bond donors (Lipinski definition) is 0. The second kappa shape index (κ2) is 8.49. The largest absolute Gasteiger partial charge is 0.493 e. The van der Waals surface area contributed by atoms with E-state index in [1.165, 1.54) is 21.3 Å². The van der Waals surface area contributed by atoms with Crippen LogP contribution in [0.3, 0.4) is 0 Å². The average molecular weight is 412 g/mol. The van der Waals surface area contributed by atoms with Crippen LogP contribution >= 0.6 is 0 Å². The molecule has 3 rings (SSSR count). The van der Waals surface area contributed by atoms with E-state index < -0.39 is 0 Å². The van der Waals surface area contributed by atoms with Crippen molar-refractivity contribution >= 4 is 17.8 Å². The molecule has 0 aliphatic carbocycles. The summed E-state index contributed by atoms with van der Waals surface area (Å²) in [6.45, 7) is 5.25. The maximum Gasteiger partial charge on any atom is 0.313 e. The summed E-state index contributed by atoms with van der Waals surface area (Å²) in [4.78, 5) is 24.8. The van der Waals surface area contributed by atoms with Crippen molar-refractivity contribution < 1.29 is 33.3 Å². The van der Waals surface area contributed by atoms with Gasteiger partial charge in [0, 0.05) is 11.1 Å². The fourth-order valence-electron chi connectivity index (χ4n) is 3.08. The zero-order valence-corrected chi connectivity index (χ0v) is 17.8. The summed E-state index contributed by atoms with van der Waals surface area (Å²) in [5.41, 5.74) is 1.58. The van der Waals surface area contributed by atoms with Crippen LogP contribution in [0.1, 0.15) is 35.3 Å². The van der Waals surface area contributed by atoms with Crippen LogP contribution in [0.5, 0.6) is 28.7 Å². The smallest absolute Gasteiger partial charge is 0.313 e. The molecule has 0 atom stereocenters. The Balaban J connectivity index is 2.00. The first-order chi connectivity index (χ1) is 14.3. The number of esters is 1. The van der Waals surface area contributed by atoms with E-state index in [0.29, 0.717) is 45.4 Å². The first-order valence-electron chi connectivity index (χ1n) is 9.40. The number of Topliss-reactive ketones (excluding diaryl/α,β-unsaturated/α-hetero) is 1. The van der Waals surface area contributed by atoms with Crippen molar-refractivity contribution in [3.8, 4) is 28.7 Å². The number of ether oxygens (including phenoxy) is 5. The van der Waals surface area contributed by atoms with Crippen LogP contribution < -0.4 is 23.7 Å². The molecular weight excluding hydrogens is 388 g/mol. The number of allylic oxidation sites excluding steroid dienone is 1. The zero-order chi connectivity index (χ0) is 22.0. The van der Waals surface area contributed by atoms with Crippen molar-refractivity contribution in [1.82, 2.24) is 0 Å². The summed E-state index contributed by atoms with van der Waals surface area (Å²) in [6.07, 6.45) is 1.59. The van der Waals surface area contributed by atoms with Crippen molar-refractivity contribution in [3.05, 3.63) is 46.7 Å². The molecule has 1 aliphatic heterocycles. The van der Waals surface area contributed by atoms with Crippen LogP contribution in [0.2, 0.25) is 0 Å². The van der Waals surface area contributed by atoms with E-state index in [4.69, 9.17) is 23.7 Å². The van der Waals surface area contributed by atoms with E-state index in [0.717, 1.165) is 0 Å². The van der Waals surface area contributed by atoms with Crippen molar-refractivity contribution in [3.63, 3.8) is 0 Å². The van der Waals surface area contributed by atoms with Crippen molar-refractivity contribution in [1.29, 1.82) is 0 Å². The van der Waals surface area contributed by atoms with E-state index in [-0.39, 0.29) is 23.4 Å². The van der Waals surface area contributed by atoms with Crippen LogP contribution in [0.15, 0.2) is 30.0 Å². The Morgan fingerprint density at radius 3 is 2.23 bits per heavy atom. The van der Waals surface area contributed by atoms with E-state index in [1.54, 1.807) is 51.1 Å². The Morgan fingerprint density at radius 2 is 1.63 bits per heavy atom. The second-order valence-electron chi connectivity index (χ2n) is 7.00. The van der Waals surface area contributed by atoms with E-state index >= 15 is 0 Å². The molecule has 0 saturated carbocycles. The van der Waals surface area contributed by atoms with Crippen LogP contribution in [0, 0.1) is 12.8 Å². The molecule has 2 aromatic carbocycles. The van der Waals surface area contributed by atoms with E-state index in [1.807, 2.05) is 0 Å². The molecule has 2 aromatic rings. The number of hydrogen-bond acceptors (Lipinski definition) is 7.